The molecule has 17 heteroatoms. The lowest BCUT2D eigenvalue weighted by atomic mass is 9.96. The molecule has 4 aromatic rings. The summed E-state index contributed by atoms with van der Waals surface area (Å²) in [6.45, 7) is 4.68. The number of anilines is 2. The molecule has 1 fully saturated rings. The Morgan fingerprint density at radius 1 is 1.11 bits per heavy atom. The van der Waals surface area contributed by atoms with Crippen LogP contribution in [-0.4, -0.2) is 63.0 Å². The number of hydrogen-bond donors (Lipinski definition) is 2. The Kier molecular flexibility index (Phi) is 8.81. The van der Waals surface area contributed by atoms with Crippen LogP contribution in [0.5, 0.6) is 0 Å². The quantitative estimate of drug-likeness (QED) is 0.267. The molecule has 240 valence electrons. The number of halogens is 3. The normalized spacial score (nSPS) is 15.1. The number of nitrogens with one attached hydrogen (secondary N) is 2. The molecule has 4 heterocycles. The highest BCUT2D eigenvalue weighted by molar-refractivity contribution is 7.89. The van der Waals surface area contributed by atoms with Crippen molar-refractivity contribution in [2.24, 2.45) is 14.1 Å². The van der Waals surface area contributed by atoms with Crippen molar-refractivity contribution in [2.75, 3.05) is 29.6 Å². The van der Waals surface area contributed by atoms with Gasteiger partial charge in [-0.15, -0.1) is 0 Å². The van der Waals surface area contributed by atoms with Gasteiger partial charge in [-0.3, -0.25) is 14.2 Å². The van der Waals surface area contributed by atoms with Gasteiger partial charge in [-0.1, -0.05) is 17.7 Å². The average Bonchev–Trinajstić information content (AvgIpc) is 3.36. The fourth-order valence-electron chi connectivity index (χ4n) is 5.52. The summed E-state index contributed by atoms with van der Waals surface area (Å²) in [4.78, 5) is 41.4. The Labute approximate surface area is 262 Å². The van der Waals surface area contributed by atoms with E-state index in [1.807, 2.05) is 29.5 Å². The summed E-state index contributed by atoms with van der Waals surface area (Å²) in [5, 5.41) is 7.81. The lowest BCUT2D eigenvalue weighted by Gasteiger charge is -2.32. The molecule has 0 spiro atoms. The van der Waals surface area contributed by atoms with E-state index in [-0.39, 0.29) is 33.8 Å². The molecule has 0 aliphatic carbocycles. The molecule has 1 atom stereocenters. The van der Waals surface area contributed by atoms with Crippen LogP contribution in [0.1, 0.15) is 71.4 Å². The van der Waals surface area contributed by atoms with E-state index in [9.17, 15) is 26.8 Å². The van der Waals surface area contributed by atoms with Crippen LogP contribution in [0.15, 0.2) is 29.1 Å². The molecule has 1 aliphatic heterocycles. The SMILES string of the molecule is Cc1cc([C@@H](C)Nc2ccc(Cl)nc2C(=O)NS(C)(=O)=O)c2nc(N3CCC(c4nc(C(F)F)n(C)n4)CC3)n(C)c(=O)c2c1. The highest BCUT2D eigenvalue weighted by Crippen LogP contribution is 2.32. The number of carbonyl (C=O) groups excluding carboxylic acids is 1. The third kappa shape index (κ3) is 6.76. The van der Waals surface area contributed by atoms with Gasteiger partial charge in [0.1, 0.15) is 5.15 Å². The van der Waals surface area contributed by atoms with Gasteiger partial charge in [0, 0.05) is 38.7 Å². The number of alkyl halides is 2. The number of hydrogen-bond acceptors (Lipinski definition) is 10. The zero-order chi connectivity index (χ0) is 32.8. The summed E-state index contributed by atoms with van der Waals surface area (Å²) in [6.07, 6.45) is -0.688. The maximum absolute atomic E-state index is 13.6. The molecule has 5 rings (SSSR count). The minimum Gasteiger partial charge on any atom is -0.377 e. The molecular weight excluding hydrogens is 632 g/mol. The summed E-state index contributed by atoms with van der Waals surface area (Å²) in [7, 11) is -0.761. The van der Waals surface area contributed by atoms with E-state index < -0.39 is 28.4 Å². The zero-order valence-electron chi connectivity index (χ0n) is 25.2. The molecule has 13 nitrogen and oxygen atoms in total. The van der Waals surface area contributed by atoms with Crippen LogP contribution >= 0.6 is 11.6 Å². The first-order chi connectivity index (χ1) is 21.1. The first kappa shape index (κ1) is 32.2. The van der Waals surface area contributed by atoms with Crippen molar-refractivity contribution in [2.45, 2.75) is 45.1 Å². The second-order valence-electron chi connectivity index (χ2n) is 11.1. The molecule has 0 bridgehead atoms. The number of sulfonamides is 1. The molecule has 3 aromatic heterocycles. The highest BCUT2D eigenvalue weighted by atomic mass is 35.5. The van der Waals surface area contributed by atoms with Gasteiger partial charge in [0.05, 0.1) is 28.9 Å². The van der Waals surface area contributed by atoms with E-state index in [0.717, 1.165) is 16.5 Å². The third-order valence-electron chi connectivity index (χ3n) is 7.67. The Bertz CT molecular complexity index is 1960. The van der Waals surface area contributed by atoms with Crippen LogP contribution < -0.4 is 20.5 Å². The Morgan fingerprint density at radius 2 is 1.80 bits per heavy atom. The molecule has 1 saturated heterocycles. The Morgan fingerprint density at radius 3 is 2.42 bits per heavy atom. The van der Waals surface area contributed by atoms with Gasteiger partial charge < -0.3 is 10.2 Å². The largest absolute Gasteiger partial charge is 0.377 e. The van der Waals surface area contributed by atoms with Gasteiger partial charge in [-0.25, -0.2) is 41.6 Å². The number of nitrogens with zero attached hydrogens (tertiary/aromatic N) is 7. The number of carbonyl (C=O) groups is 1. The number of piperidine rings is 1. The number of benzene rings is 1. The maximum atomic E-state index is 13.6. The van der Waals surface area contributed by atoms with Gasteiger partial charge in [-0.05, 0) is 50.5 Å². The minimum atomic E-state index is -3.86. The predicted molar refractivity (Wildman–Crippen MR) is 165 cm³/mol. The highest BCUT2D eigenvalue weighted by Gasteiger charge is 2.29. The second kappa shape index (κ2) is 12.3. The van der Waals surface area contributed by atoms with E-state index in [1.54, 1.807) is 13.1 Å². The van der Waals surface area contributed by atoms with Crippen molar-refractivity contribution in [3.05, 3.63) is 68.2 Å². The van der Waals surface area contributed by atoms with Crippen molar-refractivity contribution in [1.82, 2.24) is 34.0 Å². The lowest BCUT2D eigenvalue weighted by molar-refractivity contribution is 0.0977. The number of amides is 1. The number of fused-ring (bicyclic) bond motifs is 1. The summed E-state index contributed by atoms with van der Waals surface area (Å²) >= 11 is 6.01. The van der Waals surface area contributed by atoms with Crippen LogP contribution in [-0.2, 0) is 24.1 Å². The average molecular weight is 664 g/mol. The van der Waals surface area contributed by atoms with Crippen LogP contribution in [0, 0.1) is 6.92 Å². The molecule has 0 radical (unpaired) electrons. The van der Waals surface area contributed by atoms with E-state index in [4.69, 9.17) is 16.6 Å². The van der Waals surface area contributed by atoms with Gasteiger partial charge in [0.15, 0.2) is 17.3 Å². The van der Waals surface area contributed by atoms with Crippen LogP contribution in [0.25, 0.3) is 10.9 Å². The summed E-state index contributed by atoms with van der Waals surface area (Å²) in [5.41, 5.74) is 1.70. The molecule has 45 heavy (non-hydrogen) atoms. The molecule has 1 aliphatic rings. The maximum Gasteiger partial charge on any atom is 0.297 e. The smallest absolute Gasteiger partial charge is 0.297 e. The second-order valence-corrected chi connectivity index (χ2v) is 13.3. The van der Waals surface area contributed by atoms with Crippen LogP contribution in [0.3, 0.4) is 0 Å². The van der Waals surface area contributed by atoms with Gasteiger partial charge in [0.25, 0.3) is 17.9 Å². The molecule has 2 N–H and O–H groups in total. The first-order valence-electron chi connectivity index (χ1n) is 14.0. The van der Waals surface area contributed by atoms with Gasteiger partial charge >= 0.3 is 0 Å². The minimum absolute atomic E-state index is 0.000255. The van der Waals surface area contributed by atoms with E-state index in [1.165, 1.54) is 23.7 Å². The van der Waals surface area contributed by atoms with Crippen LogP contribution in [0.4, 0.5) is 20.4 Å². The predicted octanol–water partition coefficient (Wildman–Crippen LogP) is 3.60. The van der Waals surface area contributed by atoms with E-state index >= 15 is 0 Å². The van der Waals surface area contributed by atoms with Gasteiger partial charge in [0.2, 0.25) is 16.0 Å². The number of aromatic nitrogens is 6. The summed E-state index contributed by atoms with van der Waals surface area (Å²) in [6, 6.07) is 6.11. The first-order valence-corrected chi connectivity index (χ1v) is 16.3. The topological polar surface area (TPSA) is 157 Å². The molecular formula is C28H32ClF2N9O4S. The summed E-state index contributed by atoms with van der Waals surface area (Å²) in [5.74, 6) is -0.595. The van der Waals surface area contributed by atoms with Gasteiger partial charge in [-0.2, -0.15) is 5.10 Å². The number of aryl methyl sites for hydroxylation is 2. The monoisotopic (exact) mass is 663 g/mol. The summed E-state index contributed by atoms with van der Waals surface area (Å²) < 4.78 is 54.4. The fourth-order valence-corrected chi connectivity index (χ4v) is 6.11. The van der Waals surface area contributed by atoms with E-state index in [0.29, 0.717) is 54.2 Å². The molecule has 0 unspecified atom stereocenters. The lowest BCUT2D eigenvalue weighted by Crippen LogP contribution is -2.38. The Hall–Kier alpha value is -4.18. The Balaban J connectivity index is 1.46. The van der Waals surface area contributed by atoms with Crippen molar-refractivity contribution in [3.63, 3.8) is 0 Å². The molecule has 1 aromatic carbocycles. The zero-order valence-corrected chi connectivity index (χ0v) is 26.7. The van der Waals surface area contributed by atoms with Crippen molar-refractivity contribution in [3.8, 4) is 0 Å². The van der Waals surface area contributed by atoms with Crippen molar-refractivity contribution < 1.29 is 22.0 Å². The third-order valence-corrected chi connectivity index (χ3v) is 8.44. The van der Waals surface area contributed by atoms with Crippen molar-refractivity contribution >= 4 is 50.1 Å². The molecule has 0 saturated carbocycles. The van der Waals surface area contributed by atoms with Crippen molar-refractivity contribution in [1.29, 1.82) is 0 Å². The number of rotatable bonds is 8. The number of pyridine rings is 1. The molecule has 1 amide bonds. The fraction of sp³-hybridized carbons (Fsp3) is 0.429. The standard InChI is InChI=1S/C28H32ClF2N9O4S/c1-14-12-17(15(2)32-19-6-7-20(29)33-22(19)26(41)37-45(5,43)44)21-18(13-14)27(42)38(3)28(34-21)40-10-8-16(9-11-40)24-35-25(23(30)31)39(4)36-24/h6-7,12-13,15-16,23,32H,8-11H2,1-5H3,(H,37,41)/t15-/m1/s1. The van der Waals surface area contributed by atoms with Crippen LogP contribution in [0.2, 0.25) is 5.15 Å². The van der Waals surface area contributed by atoms with E-state index in [2.05, 4.69) is 20.4 Å².